The molecule has 2 fully saturated rings. The number of hydrogen-bond acceptors (Lipinski definition) is 7. The number of piperazine rings is 1. The van der Waals surface area contributed by atoms with Gasteiger partial charge < -0.3 is 14.5 Å². The van der Waals surface area contributed by atoms with Gasteiger partial charge in [0.25, 0.3) is 5.91 Å². The monoisotopic (exact) mass is 531 g/mol. The summed E-state index contributed by atoms with van der Waals surface area (Å²) in [6, 6.07) is 11.1. The van der Waals surface area contributed by atoms with Crippen molar-refractivity contribution in [3.8, 4) is 5.75 Å². The van der Waals surface area contributed by atoms with Crippen LogP contribution in [0.1, 0.15) is 23.1 Å². The highest BCUT2D eigenvalue weighted by molar-refractivity contribution is 7.92. The number of hydrogen-bond donors (Lipinski definition) is 1. The molecule has 11 heteroatoms. The van der Waals surface area contributed by atoms with Gasteiger partial charge in [0.2, 0.25) is 0 Å². The van der Waals surface area contributed by atoms with Crippen molar-refractivity contribution in [2.24, 2.45) is 0 Å². The molecule has 3 aliphatic rings. The summed E-state index contributed by atoms with van der Waals surface area (Å²) in [5.74, 6) is -1.20. The van der Waals surface area contributed by atoms with E-state index in [0.717, 1.165) is 67.7 Å². The maximum atomic E-state index is 16.1. The van der Waals surface area contributed by atoms with E-state index >= 15 is 4.39 Å². The fourth-order valence-electron chi connectivity index (χ4n) is 5.18. The number of anilines is 1. The molecular formula is C26H34FN5O4S. The van der Waals surface area contributed by atoms with Gasteiger partial charge in [0.05, 0.1) is 0 Å². The number of rotatable bonds is 8. The summed E-state index contributed by atoms with van der Waals surface area (Å²) >= 11 is 0. The summed E-state index contributed by atoms with van der Waals surface area (Å²) in [5, 5.41) is 0. The molecule has 0 atom stereocenters. The molecule has 0 spiro atoms. The Balaban J connectivity index is 1.35. The predicted molar refractivity (Wildman–Crippen MR) is 139 cm³/mol. The molecule has 5 rings (SSSR count). The van der Waals surface area contributed by atoms with Gasteiger partial charge in [-0.15, -0.1) is 0 Å². The fraction of sp³-hybridized carbons (Fsp3) is 0.500. The molecule has 0 aromatic heterocycles. The Morgan fingerprint density at radius 3 is 2.43 bits per heavy atom. The second kappa shape index (κ2) is 10.9. The van der Waals surface area contributed by atoms with Crippen LogP contribution >= 0.6 is 0 Å². The Bertz CT molecular complexity index is 1240. The average Bonchev–Trinajstić information content (AvgIpc) is 3.16. The van der Waals surface area contributed by atoms with Crippen molar-refractivity contribution in [2.75, 3.05) is 63.7 Å². The minimum atomic E-state index is -4.20. The van der Waals surface area contributed by atoms with Gasteiger partial charge in [0.15, 0.2) is 5.82 Å². The van der Waals surface area contributed by atoms with Gasteiger partial charge in [-0.2, -0.15) is 8.42 Å². The Labute approximate surface area is 218 Å². The number of amides is 1. The number of halogens is 1. The molecular weight excluding hydrogens is 497 g/mol. The lowest BCUT2D eigenvalue weighted by Crippen LogP contribution is -2.45. The van der Waals surface area contributed by atoms with Crippen molar-refractivity contribution in [1.29, 1.82) is 0 Å². The molecule has 0 saturated carbocycles. The molecule has 3 heterocycles. The van der Waals surface area contributed by atoms with Crippen molar-refractivity contribution in [2.45, 2.75) is 26.0 Å². The number of carbonyl (C=O) groups excluding carboxylic acids is 1. The zero-order chi connectivity index (χ0) is 26.0. The maximum Gasteiger partial charge on any atom is 0.326 e. The SMILES string of the molecule is CN1CCN(CCCN2CCc3cc(OCc4ccccc4)c(N4CC(=O)NS4(=O)=O)c(F)c3C2)CC1. The number of likely N-dealkylation sites (N-methyl/N-ethyl adjacent to an activating group) is 1. The predicted octanol–water partition coefficient (Wildman–Crippen LogP) is 1.58. The lowest BCUT2D eigenvalue weighted by molar-refractivity contribution is -0.117. The Morgan fingerprint density at radius 2 is 1.73 bits per heavy atom. The Morgan fingerprint density at radius 1 is 1.00 bits per heavy atom. The molecule has 2 aromatic carbocycles. The number of nitrogens with zero attached hydrogens (tertiary/aromatic N) is 4. The van der Waals surface area contributed by atoms with Crippen LogP contribution < -0.4 is 13.8 Å². The molecule has 2 saturated heterocycles. The highest BCUT2D eigenvalue weighted by atomic mass is 32.2. The lowest BCUT2D eigenvalue weighted by Gasteiger charge is -2.34. The van der Waals surface area contributed by atoms with Gasteiger partial charge in [0, 0.05) is 44.8 Å². The maximum absolute atomic E-state index is 16.1. The third-order valence-electron chi connectivity index (χ3n) is 7.33. The molecule has 3 aliphatic heterocycles. The molecule has 1 N–H and O–H groups in total. The van der Waals surface area contributed by atoms with Crippen molar-refractivity contribution < 1.29 is 22.3 Å². The van der Waals surface area contributed by atoms with Gasteiger partial charge >= 0.3 is 10.2 Å². The summed E-state index contributed by atoms with van der Waals surface area (Å²) in [7, 11) is -2.06. The zero-order valence-electron chi connectivity index (χ0n) is 21.2. The van der Waals surface area contributed by atoms with Gasteiger partial charge in [-0.3, -0.25) is 9.69 Å². The second-order valence-corrected chi connectivity index (χ2v) is 11.6. The number of fused-ring (bicyclic) bond motifs is 1. The lowest BCUT2D eigenvalue weighted by atomic mass is 9.97. The zero-order valence-corrected chi connectivity index (χ0v) is 22.0. The third kappa shape index (κ3) is 5.90. The standard InChI is InChI=1S/C26H34FN5O4S/c1-29-12-14-30(15-13-29)9-5-10-31-11-8-21-16-23(36-19-20-6-3-2-4-7-20)26(25(27)22(21)17-31)32-18-24(33)28-37(32,34)35/h2-4,6-7,16H,5,8-15,17-19H2,1H3,(H,28,33). The van der Waals surface area contributed by atoms with Crippen LogP contribution in [-0.2, 0) is 34.6 Å². The molecule has 9 nitrogen and oxygen atoms in total. The van der Waals surface area contributed by atoms with Crippen molar-refractivity contribution in [3.63, 3.8) is 0 Å². The minimum absolute atomic E-state index is 0.128. The first-order chi connectivity index (χ1) is 17.8. The number of nitrogens with one attached hydrogen (secondary N) is 1. The first-order valence-electron chi connectivity index (χ1n) is 12.8. The number of benzene rings is 2. The summed E-state index contributed by atoms with van der Waals surface area (Å²) < 4.78 is 50.1. The van der Waals surface area contributed by atoms with E-state index in [9.17, 15) is 13.2 Å². The molecule has 37 heavy (non-hydrogen) atoms. The summed E-state index contributed by atoms with van der Waals surface area (Å²) in [4.78, 5) is 19.0. The van der Waals surface area contributed by atoms with Gasteiger partial charge in [0.1, 0.15) is 24.6 Å². The van der Waals surface area contributed by atoms with Crippen LogP contribution in [0.4, 0.5) is 10.1 Å². The number of ether oxygens (including phenoxy) is 1. The van der Waals surface area contributed by atoms with Crippen LogP contribution in [0.5, 0.6) is 5.75 Å². The van der Waals surface area contributed by atoms with Crippen LogP contribution in [0, 0.1) is 5.82 Å². The second-order valence-electron chi connectivity index (χ2n) is 10.0. The average molecular weight is 532 g/mol. The van der Waals surface area contributed by atoms with E-state index in [1.54, 1.807) is 6.07 Å². The Hall–Kier alpha value is -2.73. The summed E-state index contributed by atoms with van der Waals surface area (Å²) in [6.07, 6.45) is 1.64. The van der Waals surface area contributed by atoms with Crippen LogP contribution in [-0.4, -0.2) is 88.4 Å². The number of carbonyl (C=O) groups is 1. The van der Waals surface area contributed by atoms with E-state index in [4.69, 9.17) is 4.74 Å². The van der Waals surface area contributed by atoms with Crippen LogP contribution in [0.2, 0.25) is 0 Å². The summed E-state index contributed by atoms with van der Waals surface area (Å²) in [6.45, 7) is 7.02. The fourth-order valence-corrected chi connectivity index (χ4v) is 6.35. The van der Waals surface area contributed by atoms with E-state index in [0.29, 0.717) is 18.5 Å². The van der Waals surface area contributed by atoms with E-state index in [1.165, 1.54) is 0 Å². The van der Waals surface area contributed by atoms with E-state index < -0.39 is 28.5 Å². The molecule has 0 bridgehead atoms. The first-order valence-corrected chi connectivity index (χ1v) is 14.2. The third-order valence-corrected chi connectivity index (χ3v) is 8.71. The highest BCUT2D eigenvalue weighted by Gasteiger charge is 2.39. The topological polar surface area (TPSA) is 85.4 Å². The highest BCUT2D eigenvalue weighted by Crippen LogP contribution is 2.40. The summed E-state index contributed by atoms with van der Waals surface area (Å²) in [5.41, 5.74) is 1.96. The van der Waals surface area contributed by atoms with Crippen molar-refractivity contribution in [3.05, 3.63) is 58.9 Å². The van der Waals surface area contributed by atoms with Crippen molar-refractivity contribution in [1.82, 2.24) is 19.4 Å². The first kappa shape index (κ1) is 25.9. The van der Waals surface area contributed by atoms with E-state index in [2.05, 4.69) is 21.7 Å². The normalized spacial score (nSPS) is 20.6. The molecule has 0 radical (unpaired) electrons. The largest absolute Gasteiger partial charge is 0.487 e. The quantitative estimate of drug-likeness (QED) is 0.554. The molecule has 0 aliphatic carbocycles. The van der Waals surface area contributed by atoms with Crippen molar-refractivity contribution >= 4 is 21.8 Å². The van der Waals surface area contributed by atoms with Crippen LogP contribution in [0.3, 0.4) is 0 Å². The van der Waals surface area contributed by atoms with Gasteiger partial charge in [-0.25, -0.2) is 13.4 Å². The Kier molecular flexibility index (Phi) is 7.66. The molecule has 1 amide bonds. The molecule has 0 unspecified atom stereocenters. The van der Waals surface area contributed by atoms with Crippen LogP contribution in [0.15, 0.2) is 36.4 Å². The van der Waals surface area contributed by atoms with Gasteiger partial charge in [-0.1, -0.05) is 30.3 Å². The minimum Gasteiger partial charge on any atom is -0.487 e. The van der Waals surface area contributed by atoms with E-state index in [-0.39, 0.29) is 18.0 Å². The van der Waals surface area contributed by atoms with Gasteiger partial charge in [-0.05, 0) is 50.2 Å². The molecule has 200 valence electrons. The molecule has 2 aromatic rings. The smallest absolute Gasteiger partial charge is 0.326 e. The van der Waals surface area contributed by atoms with E-state index in [1.807, 2.05) is 35.1 Å². The van der Waals surface area contributed by atoms with Crippen LogP contribution in [0.25, 0.3) is 0 Å².